The van der Waals surface area contributed by atoms with Crippen LogP contribution in [0, 0.1) is 0 Å². The molecule has 1 amide bonds. The number of carbonyl (C=O) groups is 1. The fourth-order valence-corrected chi connectivity index (χ4v) is 2.93. The maximum Gasteiger partial charge on any atom is 0.255 e. The van der Waals surface area contributed by atoms with Crippen molar-refractivity contribution < 1.29 is 9.90 Å². The second-order valence-corrected chi connectivity index (χ2v) is 6.64. The van der Waals surface area contributed by atoms with E-state index in [-0.39, 0.29) is 11.7 Å². The van der Waals surface area contributed by atoms with E-state index >= 15 is 0 Å². The Kier molecular flexibility index (Phi) is 5.62. The van der Waals surface area contributed by atoms with Crippen molar-refractivity contribution in [2.75, 3.05) is 5.32 Å². The van der Waals surface area contributed by atoms with Crippen LogP contribution in [0.15, 0.2) is 113 Å². The highest BCUT2D eigenvalue weighted by Crippen LogP contribution is 2.33. The van der Waals surface area contributed by atoms with Crippen LogP contribution in [-0.2, 0) is 0 Å². The lowest BCUT2D eigenvalue weighted by Gasteiger charge is -2.05. The molecule has 0 heterocycles. The van der Waals surface area contributed by atoms with Crippen LogP contribution in [0.3, 0.4) is 0 Å². The summed E-state index contributed by atoms with van der Waals surface area (Å²) < 4.78 is 0. The molecule has 2 N–H and O–H groups in total. The molecule has 4 aromatic carbocycles. The number of phenols is 1. The highest BCUT2D eigenvalue weighted by Gasteiger charge is 2.06. The summed E-state index contributed by atoms with van der Waals surface area (Å²) in [7, 11) is 0. The summed E-state index contributed by atoms with van der Waals surface area (Å²) >= 11 is 0. The van der Waals surface area contributed by atoms with E-state index in [1.54, 1.807) is 48.5 Å². The number of hydrogen-bond acceptors (Lipinski definition) is 4. The standard InChI is InChI=1S/C25H19N3O2/c29-24-16-11-20(18-7-3-1-4-8-18)17-23(24)28-27-22-14-12-21(13-15-22)26-25(30)19-9-5-2-6-10-19/h1-17,29H,(H,26,30). The molecular weight excluding hydrogens is 374 g/mol. The molecule has 0 bridgehead atoms. The number of rotatable bonds is 5. The Morgan fingerprint density at radius 3 is 2.07 bits per heavy atom. The molecule has 4 aromatic rings. The fraction of sp³-hybridized carbons (Fsp3) is 0. The third-order valence-electron chi connectivity index (χ3n) is 4.52. The number of aromatic hydroxyl groups is 1. The molecule has 0 aliphatic carbocycles. The molecule has 0 unspecified atom stereocenters. The Morgan fingerprint density at radius 1 is 0.700 bits per heavy atom. The van der Waals surface area contributed by atoms with Gasteiger partial charge in [-0.3, -0.25) is 4.79 Å². The van der Waals surface area contributed by atoms with Gasteiger partial charge in [-0.15, -0.1) is 5.11 Å². The van der Waals surface area contributed by atoms with Crippen LogP contribution in [0.5, 0.6) is 5.75 Å². The molecule has 0 fully saturated rings. The Balaban J connectivity index is 1.48. The minimum atomic E-state index is -0.173. The zero-order valence-electron chi connectivity index (χ0n) is 16.1. The number of benzene rings is 4. The molecule has 0 spiro atoms. The van der Waals surface area contributed by atoms with Crippen molar-refractivity contribution in [3.8, 4) is 16.9 Å². The predicted octanol–water partition coefficient (Wildman–Crippen LogP) is 6.73. The van der Waals surface area contributed by atoms with Crippen LogP contribution >= 0.6 is 0 Å². The number of nitrogens with zero attached hydrogens (tertiary/aromatic N) is 2. The van der Waals surface area contributed by atoms with E-state index in [1.165, 1.54) is 0 Å². The maximum atomic E-state index is 12.2. The molecule has 0 aliphatic rings. The zero-order valence-corrected chi connectivity index (χ0v) is 16.1. The lowest BCUT2D eigenvalue weighted by atomic mass is 10.1. The van der Waals surface area contributed by atoms with Crippen LogP contribution < -0.4 is 5.32 Å². The normalized spacial score (nSPS) is 10.8. The van der Waals surface area contributed by atoms with Crippen LogP contribution in [0.4, 0.5) is 17.1 Å². The van der Waals surface area contributed by atoms with E-state index < -0.39 is 0 Å². The van der Waals surface area contributed by atoms with Crippen molar-refractivity contribution in [1.29, 1.82) is 0 Å². The van der Waals surface area contributed by atoms with E-state index in [0.717, 1.165) is 11.1 Å². The molecule has 5 nitrogen and oxygen atoms in total. The largest absolute Gasteiger partial charge is 0.506 e. The zero-order chi connectivity index (χ0) is 20.8. The summed E-state index contributed by atoms with van der Waals surface area (Å²) in [4.78, 5) is 12.2. The van der Waals surface area contributed by atoms with Gasteiger partial charge in [-0.25, -0.2) is 0 Å². The van der Waals surface area contributed by atoms with Gasteiger partial charge in [-0.2, -0.15) is 5.11 Å². The average molecular weight is 393 g/mol. The molecule has 0 aliphatic heterocycles. The second-order valence-electron chi connectivity index (χ2n) is 6.64. The Morgan fingerprint density at radius 2 is 1.37 bits per heavy atom. The van der Waals surface area contributed by atoms with Crippen molar-refractivity contribution in [3.63, 3.8) is 0 Å². The summed E-state index contributed by atoms with van der Waals surface area (Å²) in [6.45, 7) is 0. The molecule has 5 heteroatoms. The molecule has 146 valence electrons. The van der Waals surface area contributed by atoms with Gasteiger partial charge >= 0.3 is 0 Å². The van der Waals surface area contributed by atoms with Gasteiger partial charge in [0.25, 0.3) is 5.91 Å². The summed E-state index contributed by atoms with van der Waals surface area (Å²) in [5.74, 6) is -0.113. The Bertz CT molecular complexity index is 1170. The van der Waals surface area contributed by atoms with Crippen molar-refractivity contribution in [2.24, 2.45) is 10.2 Å². The van der Waals surface area contributed by atoms with E-state index in [4.69, 9.17) is 0 Å². The summed E-state index contributed by atoms with van der Waals surface area (Å²) in [6, 6.07) is 31.2. The van der Waals surface area contributed by atoms with E-state index in [1.807, 2.05) is 54.6 Å². The molecule has 0 radical (unpaired) electrons. The van der Waals surface area contributed by atoms with Crippen LogP contribution in [0.2, 0.25) is 0 Å². The quantitative estimate of drug-likeness (QED) is 0.369. The average Bonchev–Trinajstić information content (AvgIpc) is 2.80. The maximum absolute atomic E-state index is 12.2. The van der Waals surface area contributed by atoms with E-state index in [0.29, 0.717) is 22.6 Å². The fourth-order valence-electron chi connectivity index (χ4n) is 2.93. The summed E-state index contributed by atoms with van der Waals surface area (Å²) in [5, 5.41) is 21.3. The third kappa shape index (κ3) is 4.59. The minimum absolute atomic E-state index is 0.0603. The molecule has 0 atom stereocenters. The van der Waals surface area contributed by atoms with Gasteiger partial charge in [0.15, 0.2) is 0 Å². The summed E-state index contributed by atoms with van der Waals surface area (Å²) in [5.41, 5.74) is 4.23. The van der Waals surface area contributed by atoms with Crippen molar-refractivity contribution in [2.45, 2.75) is 0 Å². The number of nitrogens with one attached hydrogen (secondary N) is 1. The second kappa shape index (κ2) is 8.84. The van der Waals surface area contributed by atoms with Gasteiger partial charge in [-0.1, -0.05) is 54.6 Å². The molecule has 30 heavy (non-hydrogen) atoms. The molecular formula is C25H19N3O2. The number of amides is 1. The molecule has 4 rings (SSSR count). The number of phenolic OH excluding ortho intramolecular Hbond substituents is 1. The predicted molar refractivity (Wildman–Crippen MR) is 119 cm³/mol. The number of carbonyl (C=O) groups excluding carboxylic acids is 1. The first-order chi connectivity index (χ1) is 14.7. The summed E-state index contributed by atoms with van der Waals surface area (Å²) in [6.07, 6.45) is 0. The smallest absolute Gasteiger partial charge is 0.255 e. The van der Waals surface area contributed by atoms with Gasteiger partial charge in [0.2, 0.25) is 0 Å². The van der Waals surface area contributed by atoms with Crippen LogP contribution in [0.25, 0.3) is 11.1 Å². The minimum Gasteiger partial charge on any atom is -0.506 e. The highest BCUT2D eigenvalue weighted by atomic mass is 16.3. The SMILES string of the molecule is O=C(Nc1ccc(N=Nc2cc(-c3ccccc3)ccc2O)cc1)c1ccccc1. The topological polar surface area (TPSA) is 74.0 Å². The first-order valence-corrected chi connectivity index (χ1v) is 9.46. The number of hydrogen-bond donors (Lipinski definition) is 2. The van der Waals surface area contributed by atoms with Gasteiger partial charge in [0, 0.05) is 11.3 Å². The molecule has 0 saturated heterocycles. The van der Waals surface area contributed by atoms with E-state index in [2.05, 4.69) is 15.5 Å². The molecule has 0 saturated carbocycles. The first kappa shape index (κ1) is 19.1. The van der Waals surface area contributed by atoms with Gasteiger partial charge < -0.3 is 10.4 Å². The lowest BCUT2D eigenvalue weighted by molar-refractivity contribution is 0.102. The van der Waals surface area contributed by atoms with Crippen molar-refractivity contribution in [3.05, 3.63) is 109 Å². The first-order valence-electron chi connectivity index (χ1n) is 9.46. The number of anilines is 1. The third-order valence-corrected chi connectivity index (χ3v) is 4.52. The Hall–Kier alpha value is -4.25. The molecule has 0 aromatic heterocycles. The Labute approximate surface area is 174 Å². The van der Waals surface area contributed by atoms with Gasteiger partial charge in [-0.05, 0) is 59.7 Å². The highest BCUT2D eigenvalue weighted by molar-refractivity contribution is 6.04. The lowest BCUT2D eigenvalue weighted by Crippen LogP contribution is -2.11. The van der Waals surface area contributed by atoms with Crippen molar-refractivity contribution >= 4 is 23.0 Å². The van der Waals surface area contributed by atoms with Crippen LogP contribution in [0.1, 0.15) is 10.4 Å². The van der Waals surface area contributed by atoms with E-state index in [9.17, 15) is 9.90 Å². The van der Waals surface area contributed by atoms with Crippen LogP contribution in [-0.4, -0.2) is 11.0 Å². The monoisotopic (exact) mass is 393 g/mol. The van der Waals surface area contributed by atoms with Crippen molar-refractivity contribution in [1.82, 2.24) is 0 Å². The number of azo groups is 1. The van der Waals surface area contributed by atoms with Gasteiger partial charge in [0.05, 0.1) is 5.69 Å². The van der Waals surface area contributed by atoms with Gasteiger partial charge in [0.1, 0.15) is 11.4 Å².